The highest BCUT2D eigenvalue weighted by molar-refractivity contribution is 5.64. The zero-order valence-corrected chi connectivity index (χ0v) is 20.7. The Balaban J connectivity index is 1.33. The highest BCUT2D eigenvalue weighted by Gasteiger charge is 2.07. The fourth-order valence-corrected chi connectivity index (χ4v) is 4.33. The van der Waals surface area contributed by atoms with Crippen molar-refractivity contribution in [1.82, 2.24) is 15.3 Å². The van der Waals surface area contributed by atoms with Crippen molar-refractivity contribution in [3.8, 4) is 34.1 Å². The van der Waals surface area contributed by atoms with Gasteiger partial charge in [-0.2, -0.15) is 0 Å². The molecule has 0 aliphatic carbocycles. The van der Waals surface area contributed by atoms with Crippen LogP contribution in [0.4, 0.5) is 0 Å². The lowest BCUT2D eigenvalue weighted by atomic mass is 10.1. The van der Waals surface area contributed by atoms with Gasteiger partial charge < -0.3 is 14.8 Å². The first-order valence-electron chi connectivity index (χ1n) is 12.9. The molecule has 0 atom stereocenters. The molecule has 0 fully saturated rings. The van der Waals surface area contributed by atoms with Gasteiger partial charge in [-0.15, -0.1) is 0 Å². The average molecular weight is 480 g/mol. The third kappa shape index (κ3) is 6.70. The molecule has 4 aromatic rings. The zero-order chi connectivity index (χ0) is 24.4. The molecule has 184 valence electrons. The third-order valence-electron chi connectivity index (χ3n) is 6.35. The van der Waals surface area contributed by atoms with Gasteiger partial charge >= 0.3 is 0 Å². The molecule has 1 N–H and O–H groups in total. The van der Waals surface area contributed by atoms with Gasteiger partial charge in [-0.25, -0.2) is 9.97 Å². The van der Waals surface area contributed by atoms with Gasteiger partial charge in [-0.1, -0.05) is 43.5 Å². The monoisotopic (exact) mass is 479 g/mol. The van der Waals surface area contributed by atoms with E-state index in [0.29, 0.717) is 6.54 Å². The maximum absolute atomic E-state index is 5.96. The number of hydrogen-bond acceptors (Lipinski definition) is 5. The molecule has 0 amide bonds. The van der Waals surface area contributed by atoms with E-state index in [-0.39, 0.29) is 0 Å². The summed E-state index contributed by atoms with van der Waals surface area (Å²) in [5.74, 6) is 1.83. The van der Waals surface area contributed by atoms with Gasteiger partial charge in [0.15, 0.2) is 0 Å². The number of aromatic nitrogens is 2. The van der Waals surface area contributed by atoms with Crippen LogP contribution in [0.5, 0.6) is 11.5 Å². The standard InChI is InChI=1S/C31H33N3O2/c1-2-4-20-35-27-16-12-24(13-17-27)22-32-23-26-8-6-10-30(33-26)31-11-7-9-29(34-31)25-14-18-28(19-15-25)36-21-5-3-1/h6-19,32H,1-5,20-23H2. The highest BCUT2D eigenvalue weighted by atomic mass is 16.5. The molecule has 8 bridgehead atoms. The third-order valence-corrected chi connectivity index (χ3v) is 6.35. The molecule has 4 aliphatic rings. The van der Waals surface area contributed by atoms with E-state index in [9.17, 15) is 0 Å². The molecule has 2 aromatic heterocycles. The maximum Gasteiger partial charge on any atom is 0.119 e. The number of ether oxygens (including phenoxy) is 2. The van der Waals surface area contributed by atoms with E-state index in [4.69, 9.17) is 19.4 Å². The predicted octanol–water partition coefficient (Wildman–Crippen LogP) is 6.82. The molecule has 5 nitrogen and oxygen atoms in total. The Morgan fingerprint density at radius 3 is 1.83 bits per heavy atom. The molecule has 8 rings (SSSR count). The SMILES string of the molecule is c1cc2nc(c1)-c1cccc(n1)-c1ccc(cc1)OCCCCCCCOc1ccc(cc1)CNC2. The lowest BCUT2D eigenvalue weighted by Gasteiger charge is -2.10. The van der Waals surface area contributed by atoms with Crippen LogP contribution in [-0.4, -0.2) is 23.2 Å². The van der Waals surface area contributed by atoms with Crippen LogP contribution in [0, 0.1) is 0 Å². The van der Waals surface area contributed by atoms with E-state index in [0.717, 1.165) is 72.4 Å². The number of hydrogen-bond donors (Lipinski definition) is 1. The van der Waals surface area contributed by atoms with Gasteiger partial charge in [0.25, 0.3) is 0 Å². The number of pyridine rings is 2. The summed E-state index contributed by atoms with van der Waals surface area (Å²) in [4.78, 5) is 9.75. The lowest BCUT2D eigenvalue weighted by Crippen LogP contribution is -2.13. The second-order valence-electron chi connectivity index (χ2n) is 9.16. The first-order chi connectivity index (χ1) is 17.8. The molecule has 2 aromatic carbocycles. The molecule has 0 radical (unpaired) electrons. The summed E-state index contributed by atoms with van der Waals surface area (Å²) in [6.07, 6.45) is 5.69. The largest absolute Gasteiger partial charge is 0.494 e. The van der Waals surface area contributed by atoms with Crippen molar-refractivity contribution in [3.05, 3.63) is 96.2 Å². The van der Waals surface area contributed by atoms with Crippen LogP contribution in [-0.2, 0) is 13.1 Å². The fourth-order valence-electron chi connectivity index (χ4n) is 4.33. The summed E-state index contributed by atoms with van der Waals surface area (Å²) < 4.78 is 11.9. The molecule has 0 spiro atoms. The van der Waals surface area contributed by atoms with Crippen molar-refractivity contribution >= 4 is 0 Å². The maximum atomic E-state index is 5.96. The topological polar surface area (TPSA) is 56.3 Å². The molecule has 0 saturated heterocycles. The summed E-state index contributed by atoms with van der Waals surface area (Å²) >= 11 is 0. The first-order valence-corrected chi connectivity index (χ1v) is 12.9. The van der Waals surface area contributed by atoms with Crippen LogP contribution in [0.3, 0.4) is 0 Å². The lowest BCUT2D eigenvalue weighted by molar-refractivity contribution is 0.293. The summed E-state index contributed by atoms with van der Waals surface area (Å²) in [5, 5.41) is 3.50. The molecule has 5 heteroatoms. The minimum absolute atomic E-state index is 0.688. The average Bonchev–Trinajstić information content (AvgIpc) is 2.93. The van der Waals surface area contributed by atoms with Crippen LogP contribution in [0.25, 0.3) is 22.6 Å². The molecule has 0 unspecified atom stereocenters. The normalized spacial score (nSPS) is 15.1. The Morgan fingerprint density at radius 1 is 0.528 bits per heavy atom. The van der Waals surface area contributed by atoms with E-state index < -0.39 is 0 Å². The van der Waals surface area contributed by atoms with E-state index in [1.807, 2.05) is 48.5 Å². The van der Waals surface area contributed by atoms with Crippen LogP contribution in [0.15, 0.2) is 84.9 Å². The zero-order valence-electron chi connectivity index (χ0n) is 20.7. The van der Waals surface area contributed by atoms with Crippen molar-refractivity contribution in [1.29, 1.82) is 0 Å². The molecular formula is C31H33N3O2. The van der Waals surface area contributed by atoms with Crippen LogP contribution >= 0.6 is 0 Å². The van der Waals surface area contributed by atoms with Gasteiger partial charge in [0, 0.05) is 18.7 Å². The Morgan fingerprint density at radius 2 is 1.11 bits per heavy atom. The fraction of sp³-hybridized carbons (Fsp3) is 0.290. The van der Waals surface area contributed by atoms with Gasteiger partial charge in [0.05, 0.1) is 36.0 Å². The van der Waals surface area contributed by atoms with E-state index in [1.54, 1.807) is 0 Å². The smallest absolute Gasteiger partial charge is 0.119 e. The van der Waals surface area contributed by atoms with E-state index in [2.05, 4.69) is 41.7 Å². The second kappa shape index (κ2) is 12.3. The summed E-state index contributed by atoms with van der Waals surface area (Å²) in [5.41, 5.74) is 5.95. The molecule has 36 heavy (non-hydrogen) atoms. The van der Waals surface area contributed by atoms with Gasteiger partial charge in [-0.3, -0.25) is 0 Å². The van der Waals surface area contributed by atoms with Crippen molar-refractivity contribution in [2.75, 3.05) is 13.2 Å². The number of nitrogens with one attached hydrogen (secondary N) is 1. The van der Waals surface area contributed by atoms with Gasteiger partial charge in [0.1, 0.15) is 11.5 Å². The molecule has 0 saturated carbocycles. The molecule has 6 heterocycles. The predicted molar refractivity (Wildman–Crippen MR) is 144 cm³/mol. The minimum atomic E-state index is 0.688. The van der Waals surface area contributed by atoms with Crippen LogP contribution in [0.1, 0.15) is 43.4 Å². The molecule has 4 aliphatic heterocycles. The minimum Gasteiger partial charge on any atom is -0.494 e. The Hall–Kier alpha value is -3.70. The second-order valence-corrected chi connectivity index (χ2v) is 9.16. The van der Waals surface area contributed by atoms with E-state index in [1.165, 1.54) is 24.8 Å². The number of benzene rings is 2. The summed E-state index contributed by atoms with van der Waals surface area (Å²) in [6, 6.07) is 28.8. The highest BCUT2D eigenvalue weighted by Crippen LogP contribution is 2.24. The first kappa shape index (κ1) is 24.0. The Labute approximate surface area is 213 Å². The summed E-state index contributed by atoms with van der Waals surface area (Å²) in [6.45, 7) is 2.97. The molecular weight excluding hydrogens is 446 g/mol. The van der Waals surface area contributed by atoms with Crippen molar-refractivity contribution in [2.24, 2.45) is 0 Å². The number of rotatable bonds is 0. The summed E-state index contributed by atoms with van der Waals surface area (Å²) in [7, 11) is 0. The quantitative estimate of drug-likeness (QED) is 0.300. The van der Waals surface area contributed by atoms with Gasteiger partial charge in [0.2, 0.25) is 0 Å². The van der Waals surface area contributed by atoms with Crippen molar-refractivity contribution in [2.45, 2.75) is 45.2 Å². The Bertz CT molecular complexity index is 1240. The Kier molecular flexibility index (Phi) is 8.22. The van der Waals surface area contributed by atoms with Gasteiger partial charge in [-0.05, 0) is 79.1 Å². The van der Waals surface area contributed by atoms with Crippen LogP contribution < -0.4 is 14.8 Å². The van der Waals surface area contributed by atoms with Crippen molar-refractivity contribution in [3.63, 3.8) is 0 Å². The van der Waals surface area contributed by atoms with Crippen molar-refractivity contribution < 1.29 is 9.47 Å². The van der Waals surface area contributed by atoms with Crippen LogP contribution in [0.2, 0.25) is 0 Å². The van der Waals surface area contributed by atoms with E-state index >= 15 is 0 Å². The number of nitrogens with zero attached hydrogens (tertiary/aromatic N) is 2.